The van der Waals surface area contributed by atoms with E-state index < -0.39 is 0 Å². The van der Waals surface area contributed by atoms with Gasteiger partial charge in [0.1, 0.15) is 0 Å². The molecule has 0 spiro atoms. The number of nitrogens with one attached hydrogen (secondary N) is 1. The highest BCUT2D eigenvalue weighted by molar-refractivity contribution is 7.09. The zero-order chi connectivity index (χ0) is 10.5. The SMILES string of the molecule is CNCC1CCCN(Cc2cncs2)C1. The smallest absolute Gasteiger partial charge is 0.0794 e. The molecule has 4 heteroatoms. The second-order valence-electron chi connectivity index (χ2n) is 4.27. The molecule has 1 saturated heterocycles. The summed E-state index contributed by atoms with van der Waals surface area (Å²) in [5, 5.41) is 3.28. The van der Waals surface area contributed by atoms with Crippen molar-refractivity contribution in [1.82, 2.24) is 15.2 Å². The molecule has 84 valence electrons. The summed E-state index contributed by atoms with van der Waals surface area (Å²) >= 11 is 1.76. The van der Waals surface area contributed by atoms with Crippen LogP contribution in [0.25, 0.3) is 0 Å². The Hall–Kier alpha value is -0.450. The standard InChI is InChI=1S/C11H19N3S/c1-12-5-10-3-2-4-14(7-10)8-11-6-13-9-15-11/h6,9-10,12H,2-5,7-8H2,1H3. The van der Waals surface area contributed by atoms with E-state index in [1.807, 2.05) is 18.8 Å². The fourth-order valence-corrected chi connectivity index (χ4v) is 2.93. The minimum Gasteiger partial charge on any atom is -0.319 e. The third-order valence-corrected chi connectivity index (χ3v) is 3.72. The Labute approximate surface area is 95.5 Å². The highest BCUT2D eigenvalue weighted by atomic mass is 32.1. The Morgan fingerprint density at radius 3 is 3.33 bits per heavy atom. The van der Waals surface area contributed by atoms with Crippen LogP contribution in [0.2, 0.25) is 0 Å². The second-order valence-corrected chi connectivity index (χ2v) is 5.24. The van der Waals surface area contributed by atoms with E-state index in [0.29, 0.717) is 0 Å². The van der Waals surface area contributed by atoms with Gasteiger partial charge in [0, 0.05) is 24.2 Å². The van der Waals surface area contributed by atoms with E-state index in [4.69, 9.17) is 0 Å². The molecule has 1 aliphatic heterocycles. The zero-order valence-corrected chi connectivity index (χ0v) is 10.1. The predicted octanol–water partition coefficient (Wildman–Crippen LogP) is 1.57. The third kappa shape index (κ3) is 3.26. The molecule has 3 nitrogen and oxygen atoms in total. The number of piperidine rings is 1. The van der Waals surface area contributed by atoms with E-state index in [1.54, 1.807) is 11.3 Å². The minimum absolute atomic E-state index is 0.830. The maximum absolute atomic E-state index is 4.12. The molecule has 15 heavy (non-hydrogen) atoms. The summed E-state index contributed by atoms with van der Waals surface area (Å²) in [6, 6.07) is 0. The van der Waals surface area contributed by atoms with Crippen LogP contribution in [0.5, 0.6) is 0 Å². The average molecular weight is 225 g/mol. The Kier molecular flexibility index (Phi) is 4.11. The first kappa shape index (κ1) is 11.0. The van der Waals surface area contributed by atoms with Crippen LogP contribution < -0.4 is 5.32 Å². The molecule has 0 aromatic carbocycles. The van der Waals surface area contributed by atoms with Gasteiger partial charge >= 0.3 is 0 Å². The van der Waals surface area contributed by atoms with Gasteiger partial charge in [-0.15, -0.1) is 11.3 Å². The Morgan fingerprint density at radius 2 is 2.60 bits per heavy atom. The fourth-order valence-electron chi connectivity index (χ4n) is 2.29. The van der Waals surface area contributed by atoms with Gasteiger partial charge in [-0.3, -0.25) is 9.88 Å². The molecule has 0 radical (unpaired) electrons. The van der Waals surface area contributed by atoms with Crippen LogP contribution in [-0.4, -0.2) is 36.6 Å². The maximum Gasteiger partial charge on any atom is 0.0794 e. The summed E-state index contributed by atoms with van der Waals surface area (Å²) < 4.78 is 0. The van der Waals surface area contributed by atoms with Crippen molar-refractivity contribution >= 4 is 11.3 Å². The van der Waals surface area contributed by atoms with Crippen molar-refractivity contribution in [1.29, 1.82) is 0 Å². The summed E-state index contributed by atoms with van der Waals surface area (Å²) in [5.74, 6) is 0.830. The van der Waals surface area contributed by atoms with Gasteiger partial charge < -0.3 is 5.32 Å². The molecule has 2 rings (SSSR count). The van der Waals surface area contributed by atoms with Gasteiger partial charge in [-0.05, 0) is 38.9 Å². The first-order chi connectivity index (χ1) is 7.38. The molecule has 2 heterocycles. The quantitative estimate of drug-likeness (QED) is 0.843. The minimum atomic E-state index is 0.830. The van der Waals surface area contributed by atoms with Crippen LogP contribution in [0.15, 0.2) is 11.7 Å². The predicted molar refractivity (Wildman–Crippen MR) is 64.0 cm³/mol. The average Bonchev–Trinajstić information content (AvgIpc) is 2.71. The first-order valence-corrected chi connectivity index (χ1v) is 6.51. The van der Waals surface area contributed by atoms with Crippen LogP contribution >= 0.6 is 11.3 Å². The van der Waals surface area contributed by atoms with Crippen LogP contribution in [-0.2, 0) is 6.54 Å². The lowest BCUT2D eigenvalue weighted by Gasteiger charge is -2.32. The van der Waals surface area contributed by atoms with Crippen molar-refractivity contribution in [3.63, 3.8) is 0 Å². The maximum atomic E-state index is 4.12. The van der Waals surface area contributed by atoms with Crippen molar-refractivity contribution in [2.24, 2.45) is 5.92 Å². The lowest BCUT2D eigenvalue weighted by Crippen LogP contribution is -2.38. The largest absolute Gasteiger partial charge is 0.319 e. The molecule has 0 saturated carbocycles. The Morgan fingerprint density at radius 1 is 1.67 bits per heavy atom. The number of nitrogens with zero attached hydrogens (tertiary/aromatic N) is 2. The van der Waals surface area contributed by atoms with E-state index in [-0.39, 0.29) is 0 Å². The lowest BCUT2D eigenvalue weighted by atomic mass is 9.98. The van der Waals surface area contributed by atoms with E-state index >= 15 is 0 Å². The highest BCUT2D eigenvalue weighted by Gasteiger charge is 2.19. The van der Waals surface area contributed by atoms with Gasteiger partial charge in [0.15, 0.2) is 0 Å². The topological polar surface area (TPSA) is 28.2 Å². The molecular weight excluding hydrogens is 206 g/mol. The number of rotatable bonds is 4. The van der Waals surface area contributed by atoms with Crippen LogP contribution in [0.4, 0.5) is 0 Å². The van der Waals surface area contributed by atoms with Crippen LogP contribution in [0, 0.1) is 5.92 Å². The normalized spacial score (nSPS) is 23.1. The third-order valence-electron chi connectivity index (χ3n) is 2.96. The number of hydrogen-bond donors (Lipinski definition) is 1. The molecular formula is C11H19N3S. The zero-order valence-electron chi connectivity index (χ0n) is 9.28. The van der Waals surface area contributed by atoms with Gasteiger partial charge in [-0.2, -0.15) is 0 Å². The van der Waals surface area contributed by atoms with Crippen molar-refractivity contribution < 1.29 is 0 Å². The molecule has 1 unspecified atom stereocenters. The van der Waals surface area contributed by atoms with Gasteiger partial charge in [0.25, 0.3) is 0 Å². The van der Waals surface area contributed by atoms with Gasteiger partial charge in [-0.1, -0.05) is 0 Å². The van der Waals surface area contributed by atoms with Crippen LogP contribution in [0.3, 0.4) is 0 Å². The van der Waals surface area contributed by atoms with Gasteiger partial charge in [0.2, 0.25) is 0 Å². The van der Waals surface area contributed by atoms with E-state index in [2.05, 4.69) is 15.2 Å². The number of hydrogen-bond acceptors (Lipinski definition) is 4. The van der Waals surface area contributed by atoms with Crippen molar-refractivity contribution in [3.05, 3.63) is 16.6 Å². The summed E-state index contributed by atoms with van der Waals surface area (Å²) in [5.41, 5.74) is 1.92. The summed E-state index contributed by atoms with van der Waals surface area (Å²) in [7, 11) is 2.04. The monoisotopic (exact) mass is 225 g/mol. The van der Waals surface area contributed by atoms with Gasteiger partial charge in [0.05, 0.1) is 5.51 Å². The van der Waals surface area contributed by atoms with Crippen molar-refractivity contribution in [2.75, 3.05) is 26.7 Å². The van der Waals surface area contributed by atoms with Gasteiger partial charge in [-0.25, -0.2) is 0 Å². The summed E-state index contributed by atoms with van der Waals surface area (Å²) in [4.78, 5) is 8.07. The van der Waals surface area contributed by atoms with Crippen molar-refractivity contribution in [3.8, 4) is 0 Å². The first-order valence-electron chi connectivity index (χ1n) is 5.63. The molecule has 1 fully saturated rings. The van der Waals surface area contributed by atoms with E-state index in [0.717, 1.165) is 19.0 Å². The Bertz CT molecular complexity index is 271. The number of thiazole rings is 1. The molecule has 1 N–H and O–H groups in total. The molecule has 1 aliphatic rings. The number of likely N-dealkylation sites (tertiary alicyclic amines) is 1. The fraction of sp³-hybridized carbons (Fsp3) is 0.727. The molecule has 0 bridgehead atoms. The summed E-state index contributed by atoms with van der Waals surface area (Å²) in [6.45, 7) is 4.72. The van der Waals surface area contributed by atoms with Crippen molar-refractivity contribution in [2.45, 2.75) is 19.4 Å². The Balaban J connectivity index is 1.82. The van der Waals surface area contributed by atoms with E-state index in [1.165, 1.54) is 30.8 Å². The molecule has 0 aliphatic carbocycles. The molecule has 0 amide bonds. The second kappa shape index (κ2) is 5.58. The lowest BCUT2D eigenvalue weighted by molar-refractivity contribution is 0.168. The molecule has 1 atom stereocenters. The molecule has 1 aromatic heterocycles. The number of aromatic nitrogens is 1. The molecule has 1 aromatic rings. The summed E-state index contributed by atoms with van der Waals surface area (Å²) in [6.07, 6.45) is 4.71. The highest BCUT2D eigenvalue weighted by Crippen LogP contribution is 2.19. The van der Waals surface area contributed by atoms with Crippen LogP contribution in [0.1, 0.15) is 17.7 Å². The van der Waals surface area contributed by atoms with E-state index in [9.17, 15) is 0 Å².